The fourth-order valence-corrected chi connectivity index (χ4v) is 3.67. The van der Waals surface area contributed by atoms with Gasteiger partial charge in [-0.05, 0) is 50.3 Å². The molecule has 0 aliphatic carbocycles. The third-order valence-electron chi connectivity index (χ3n) is 4.95. The Morgan fingerprint density at radius 1 is 1.40 bits per heavy atom. The van der Waals surface area contributed by atoms with Gasteiger partial charge < -0.3 is 15.5 Å². The minimum absolute atomic E-state index is 0.0198. The van der Waals surface area contributed by atoms with Crippen molar-refractivity contribution in [3.8, 4) is 0 Å². The number of piperidine rings is 1. The molecule has 1 aromatic rings. The lowest BCUT2D eigenvalue weighted by Gasteiger charge is -2.34. The second-order valence-electron chi connectivity index (χ2n) is 6.71. The molecule has 3 rings (SSSR count). The van der Waals surface area contributed by atoms with Gasteiger partial charge in [-0.15, -0.1) is 0 Å². The van der Waals surface area contributed by atoms with E-state index >= 15 is 0 Å². The summed E-state index contributed by atoms with van der Waals surface area (Å²) in [5.41, 5.74) is -0.152. The fraction of sp³-hybridized carbons (Fsp3) is 0.588. The van der Waals surface area contributed by atoms with E-state index in [4.69, 9.17) is 0 Å². The van der Waals surface area contributed by atoms with Gasteiger partial charge >= 0.3 is 5.69 Å². The Balaban J connectivity index is 1.62. The number of benzene rings is 1. The van der Waals surface area contributed by atoms with Crippen LogP contribution in [0.25, 0.3) is 0 Å². The Kier molecular flexibility index (Phi) is 5.47. The summed E-state index contributed by atoms with van der Waals surface area (Å²) >= 11 is 0. The topological polar surface area (TPSA) is 87.5 Å². The first-order chi connectivity index (χ1) is 12.1. The predicted octanol–water partition coefficient (Wildman–Crippen LogP) is 1.82. The number of carbonyl (C=O) groups is 1. The number of hydrogen-bond donors (Lipinski definition) is 2. The number of halogens is 1. The standard InChI is InChI=1S/C17H23FN4O3/c18-13-5-1-7-15(16(13)22(24)25)21-9-3-4-12(11-21)10-20-17(23)14-6-2-8-19-14/h1,5,7,12,14,19H,2-4,6,8-11H2,(H,20,23). The van der Waals surface area contributed by atoms with Crippen molar-refractivity contribution in [3.63, 3.8) is 0 Å². The molecular weight excluding hydrogens is 327 g/mol. The third-order valence-corrected chi connectivity index (χ3v) is 4.95. The SMILES string of the molecule is O=C(NCC1CCCN(c2cccc(F)c2[N+](=O)[O-])C1)C1CCCN1. The van der Waals surface area contributed by atoms with Crippen LogP contribution in [0.1, 0.15) is 25.7 Å². The normalized spacial score (nSPS) is 23.5. The Labute approximate surface area is 145 Å². The van der Waals surface area contributed by atoms with Gasteiger partial charge in [0.1, 0.15) is 5.69 Å². The van der Waals surface area contributed by atoms with Gasteiger partial charge in [0.15, 0.2) is 0 Å². The molecule has 0 spiro atoms. The Hall–Kier alpha value is -2.22. The molecule has 8 heteroatoms. The van der Waals surface area contributed by atoms with Crippen molar-refractivity contribution in [1.29, 1.82) is 0 Å². The summed E-state index contributed by atoms with van der Waals surface area (Å²) in [6, 6.07) is 4.08. The lowest BCUT2D eigenvalue weighted by atomic mass is 9.97. The molecule has 2 fully saturated rings. The molecule has 2 atom stereocenters. The van der Waals surface area contributed by atoms with Gasteiger partial charge in [-0.1, -0.05) is 6.07 Å². The van der Waals surface area contributed by atoms with Crippen LogP contribution in [0.4, 0.5) is 15.8 Å². The molecule has 2 aliphatic rings. The maximum absolute atomic E-state index is 13.8. The summed E-state index contributed by atoms with van der Waals surface area (Å²) in [5.74, 6) is -0.599. The lowest BCUT2D eigenvalue weighted by molar-refractivity contribution is -0.386. The molecule has 2 heterocycles. The van der Waals surface area contributed by atoms with E-state index in [0.717, 1.165) is 38.3 Å². The summed E-state index contributed by atoms with van der Waals surface area (Å²) in [4.78, 5) is 24.5. The number of para-hydroxylation sites is 1. The Morgan fingerprint density at radius 2 is 2.24 bits per heavy atom. The summed E-state index contributed by atoms with van der Waals surface area (Å²) in [5, 5.41) is 17.3. The monoisotopic (exact) mass is 350 g/mol. The van der Waals surface area contributed by atoms with Gasteiger partial charge in [0.2, 0.25) is 11.7 Å². The van der Waals surface area contributed by atoms with Crippen molar-refractivity contribution >= 4 is 17.3 Å². The Morgan fingerprint density at radius 3 is 2.96 bits per heavy atom. The first-order valence-electron chi connectivity index (χ1n) is 8.75. The highest BCUT2D eigenvalue weighted by atomic mass is 19.1. The van der Waals surface area contributed by atoms with Crippen LogP contribution in [0.3, 0.4) is 0 Å². The number of nitro benzene ring substituents is 1. The van der Waals surface area contributed by atoms with E-state index in [1.165, 1.54) is 6.07 Å². The van der Waals surface area contributed by atoms with Crippen molar-refractivity contribution < 1.29 is 14.1 Å². The molecule has 25 heavy (non-hydrogen) atoms. The smallest absolute Gasteiger partial charge is 0.327 e. The first-order valence-corrected chi connectivity index (χ1v) is 8.75. The van der Waals surface area contributed by atoms with Crippen LogP contribution in [0.5, 0.6) is 0 Å². The molecule has 0 bridgehead atoms. The predicted molar refractivity (Wildman–Crippen MR) is 92.0 cm³/mol. The van der Waals surface area contributed by atoms with Crippen molar-refractivity contribution in [1.82, 2.24) is 10.6 Å². The van der Waals surface area contributed by atoms with Crippen LogP contribution in [0.15, 0.2) is 18.2 Å². The average Bonchev–Trinajstić information content (AvgIpc) is 3.14. The van der Waals surface area contributed by atoms with E-state index < -0.39 is 16.4 Å². The molecule has 0 radical (unpaired) electrons. The maximum Gasteiger partial charge on any atom is 0.327 e. The van der Waals surface area contributed by atoms with Crippen LogP contribution in [-0.2, 0) is 4.79 Å². The van der Waals surface area contributed by atoms with Gasteiger partial charge in [-0.2, -0.15) is 4.39 Å². The second kappa shape index (κ2) is 7.77. The molecule has 2 saturated heterocycles. The first kappa shape index (κ1) is 17.6. The minimum Gasteiger partial charge on any atom is -0.366 e. The lowest BCUT2D eigenvalue weighted by Crippen LogP contribution is -2.45. The van der Waals surface area contributed by atoms with Gasteiger partial charge in [0.05, 0.1) is 11.0 Å². The highest BCUT2D eigenvalue weighted by Crippen LogP contribution is 2.33. The van der Waals surface area contributed by atoms with Crippen molar-refractivity contribution in [2.24, 2.45) is 5.92 Å². The van der Waals surface area contributed by atoms with Gasteiger partial charge in [0, 0.05) is 19.6 Å². The number of amides is 1. The molecule has 1 amide bonds. The number of anilines is 1. The zero-order chi connectivity index (χ0) is 17.8. The Bertz CT molecular complexity index is 649. The van der Waals surface area contributed by atoms with E-state index in [0.29, 0.717) is 25.3 Å². The number of rotatable bonds is 5. The van der Waals surface area contributed by atoms with Crippen LogP contribution >= 0.6 is 0 Å². The van der Waals surface area contributed by atoms with Gasteiger partial charge in [0.25, 0.3) is 0 Å². The van der Waals surface area contributed by atoms with E-state index in [9.17, 15) is 19.3 Å². The summed E-state index contributed by atoms with van der Waals surface area (Å²) in [7, 11) is 0. The number of nitrogens with one attached hydrogen (secondary N) is 2. The van der Waals surface area contributed by atoms with Gasteiger partial charge in [-0.3, -0.25) is 14.9 Å². The summed E-state index contributed by atoms with van der Waals surface area (Å²) in [6.45, 7) is 2.64. The second-order valence-corrected chi connectivity index (χ2v) is 6.71. The van der Waals surface area contributed by atoms with Crippen LogP contribution in [-0.4, -0.2) is 43.1 Å². The molecule has 1 aromatic carbocycles. The van der Waals surface area contributed by atoms with Gasteiger partial charge in [-0.25, -0.2) is 0 Å². The van der Waals surface area contributed by atoms with Crippen molar-refractivity contribution in [2.45, 2.75) is 31.7 Å². The third kappa shape index (κ3) is 4.07. The van der Waals surface area contributed by atoms with E-state index in [-0.39, 0.29) is 17.9 Å². The largest absolute Gasteiger partial charge is 0.366 e. The number of carbonyl (C=O) groups excluding carboxylic acids is 1. The zero-order valence-electron chi connectivity index (χ0n) is 14.0. The highest BCUT2D eigenvalue weighted by molar-refractivity contribution is 5.82. The molecule has 7 nitrogen and oxygen atoms in total. The molecule has 2 N–H and O–H groups in total. The summed E-state index contributed by atoms with van der Waals surface area (Å²) in [6.07, 6.45) is 3.67. The number of nitro groups is 1. The molecule has 0 aromatic heterocycles. The minimum atomic E-state index is -0.815. The quantitative estimate of drug-likeness (QED) is 0.625. The fourth-order valence-electron chi connectivity index (χ4n) is 3.67. The summed E-state index contributed by atoms with van der Waals surface area (Å²) < 4.78 is 13.8. The molecule has 2 unspecified atom stereocenters. The van der Waals surface area contributed by atoms with E-state index in [1.54, 1.807) is 6.07 Å². The maximum atomic E-state index is 13.8. The number of nitrogens with zero attached hydrogens (tertiary/aromatic N) is 2. The number of hydrogen-bond acceptors (Lipinski definition) is 5. The van der Waals surface area contributed by atoms with Crippen molar-refractivity contribution in [3.05, 3.63) is 34.1 Å². The molecule has 0 saturated carbocycles. The molecular formula is C17H23FN4O3. The van der Waals surface area contributed by atoms with E-state index in [1.807, 2.05) is 4.90 Å². The highest BCUT2D eigenvalue weighted by Gasteiger charge is 2.29. The molecule has 136 valence electrons. The van der Waals surface area contributed by atoms with Crippen LogP contribution in [0, 0.1) is 21.8 Å². The van der Waals surface area contributed by atoms with Crippen LogP contribution < -0.4 is 15.5 Å². The van der Waals surface area contributed by atoms with Crippen molar-refractivity contribution in [2.75, 3.05) is 31.1 Å². The molecule has 2 aliphatic heterocycles. The zero-order valence-corrected chi connectivity index (χ0v) is 14.0. The van der Waals surface area contributed by atoms with Crippen LogP contribution in [0.2, 0.25) is 0 Å². The average molecular weight is 350 g/mol. The van der Waals surface area contributed by atoms with E-state index in [2.05, 4.69) is 10.6 Å².